The van der Waals surface area contributed by atoms with Crippen LogP contribution >= 0.6 is 0 Å². The molecule has 3 heterocycles. The number of hydrogen-bond acceptors (Lipinski definition) is 4. The van der Waals surface area contributed by atoms with Gasteiger partial charge in [0.1, 0.15) is 23.5 Å². The van der Waals surface area contributed by atoms with Crippen LogP contribution in [0.25, 0.3) is 27.9 Å². The van der Waals surface area contributed by atoms with Gasteiger partial charge in [0, 0.05) is 24.4 Å². The Morgan fingerprint density at radius 3 is 2.68 bits per heavy atom. The molecule has 0 saturated carbocycles. The SMILES string of the molecule is C#Cc1cc(C)c(-c2c(C3=CCC(C)(C)CC3)c3c(N)ncnc3n2C)cn1. The van der Waals surface area contributed by atoms with Crippen LogP contribution in [-0.2, 0) is 7.05 Å². The van der Waals surface area contributed by atoms with Crippen LogP contribution in [0.4, 0.5) is 5.82 Å². The van der Waals surface area contributed by atoms with Gasteiger partial charge >= 0.3 is 0 Å². The van der Waals surface area contributed by atoms with E-state index in [0.29, 0.717) is 16.9 Å². The maximum absolute atomic E-state index is 6.33. The van der Waals surface area contributed by atoms with Gasteiger partial charge in [-0.1, -0.05) is 25.8 Å². The zero-order chi connectivity index (χ0) is 20.1. The average molecular weight is 371 g/mol. The molecular formula is C23H25N5. The molecule has 4 rings (SSSR count). The van der Waals surface area contributed by atoms with Crippen molar-refractivity contribution in [3.05, 3.63) is 41.5 Å². The summed E-state index contributed by atoms with van der Waals surface area (Å²) in [5.74, 6) is 3.12. The Bertz CT molecular complexity index is 1160. The highest BCUT2D eigenvalue weighted by Crippen LogP contribution is 2.45. The monoisotopic (exact) mass is 371 g/mol. The first-order valence-electron chi connectivity index (χ1n) is 9.54. The lowest BCUT2D eigenvalue weighted by Crippen LogP contribution is -2.14. The fourth-order valence-corrected chi connectivity index (χ4v) is 4.09. The summed E-state index contributed by atoms with van der Waals surface area (Å²) in [4.78, 5) is 13.2. The quantitative estimate of drug-likeness (QED) is 0.674. The molecule has 0 saturated heterocycles. The van der Waals surface area contributed by atoms with Gasteiger partial charge in [-0.25, -0.2) is 15.0 Å². The van der Waals surface area contributed by atoms with Gasteiger partial charge in [-0.15, -0.1) is 6.42 Å². The minimum Gasteiger partial charge on any atom is -0.383 e. The van der Waals surface area contributed by atoms with Crippen LogP contribution in [0.15, 0.2) is 24.7 Å². The van der Waals surface area contributed by atoms with Crippen LogP contribution in [0, 0.1) is 24.7 Å². The van der Waals surface area contributed by atoms with Crippen molar-refractivity contribution in [1.82, 2.24) is 19.5 Å². The van der Waals surface area contributed by atoms with Gasteiger partial charge in [-0.2, -0.15) is 0 Å². The normalized spacial score (nSPS) is 16.0. The van der Waals surface area contributed by atoms with E-state index in [1.165, 1.54) is 11.9 Å². The molecule has 1 aliphatic rings. The molecule has 0 radical (unpaired) electrons. The van der Waals surface area contributed by atoms with E-state index in [1.807, 2.05) is 19.3 Å². The first-order valence-corrected chi connectivity index (χ1v) is 9.54. The summed E-state index contributed by atoms with van der Waals surface area (Å²) in [5, 5.41) is 0.923. The Kier molecular flexibility index (Phi) is 4.23. The topological polar surface area (TPSA) is 69.6 Å². The van der Waals surface area contributed by atoms with E-state index in [2.05, 4.69) is 52.3 Å². The number of aryl methyl sites for hydroxylation is 2. The van der Waals surface area contributed by atoms with Crippen LogP contribution in [0.1, 0.15) is 49.9 Å². The number of anilines is 1. The highest BCUT2D eigenvalue weighted by Gasteiger charge is 2.28. The summed E-state index contributed by atoms with van der Waals surface area (Å²) in [5.41, 5.74) is 13.8. The smallest absolute Gasteiger partial charge is 0.146 e. The fraction of sp³-hybridized carbons (Fsp3) is 0.348. The number of rotatable bonds is 2. The Morgan fingerprint density at radius 2 is 2.04 bits per heavy atom. The number of aromatic nitrogens is 4. The van der Waals surface area contributed by atoms with Crippen LogP contribution in [0.2, 0.25) is 0 Å². The molecule has 1 aliphatic carbocycles. The van der Waals surface area contributed by atoms with Crippen LogP contribution in [0.5, 0.6) is 0 Å². The number of pyridine rings is 1. The maximum Gasteiger partial charge on any atom is 0.146 e. The molecule has 0 unspecified atom stereocenters. The van der Waals surface area contributed by atoms with Crippen molar-refractivity contribution in [2.24, 2.45) is 12.5 Å². The zero-order valence-electron chi connectivity index (χ0n) is 16.9. The second kappa shape index (κ2) is 6.49. The molecule has 0 aliphatic heterocycles. The van der Waals surface area contributed by atoms with Crippen molar-refractivity contribution in [2.75, 3.05) is 5.73 Å². The van der Waals surface area contributed by atoms with Gasteiger partial charge in [0.05, 0.1) is 11.1 Å². The molecule has 0 spiro atoms. The van der Waals surface area contributed by atoms with Crippen molar-refractivity contribution in [3.63, 3.8) is 0 Å². The first kappa shape index (κ1) is 18.2. The van der Waals surface area contributed by atoms with Crippen molar-refractivity contribution in [3.8, 4) is 23.6 Å². The highest BCUT2D eigenvalue weighted by atomic mass is 15.1. The van der Waals surface area contributed by atoms with Gasteiger partial charge in [-0.3, -0.25) is 0 Å². The number of nitrogen functional groups attached to an aromatic ring is 1. The minimum atomic E-state index is 0.322. The molecule has 3 aromatic rings. The molecule has 0 amide bonds. The molecule has 0 atom stereocenters. The van der Waals surface area contributed by atoms with Gasteiger partial charge < -0.3 is 10.3 Å². The zero-order valence-corrected chi connectivity index (χ0v) is 16.9. The molecule has 0 fully saturated rings. The minimum absolute atomic E-state index is 0.322. The molecule has 28 heavy (non-hydrogen) atoms. The average Bonchev–Trinajstić information content (AvgIpc) is 2.96. The Balaban J connectivity index is 2.05. The second-order valence-corrected chi connectivity index (χ2v) is 8.37. The summed E-state index contributed by atoms with van der Waals surface area (Å²) < 4.78 is 2.10. The van der Waals surface area contributed by atoms with Crippen LogP contribution < -0.4 is 5.73 Å². The molecule has 5 nitrogen and oxygen atoms in total. The summed E-state index contributed by atoms with van der Waals surface area (Å²) in [7, 11) is 2.02. The Labute approximate surface area is 165 Å². The van der Waals surface area contributed by atoms with Crippen LogP contribution in [-0.4, -0.2) is 19.5 Å². The molecule has 2 N–H and O–H groups in total. The van der Waals surface area contributed by atoms with E-state index in [1.54, 1.807) is 0 Å². The van der Waals surface area contributed by atoms with E-state index >= 15 is 0 Å². The molecule has 5 heteroatoms. The molecule has 0 bridgehead atoms. The number of terminal acetylenes is 1. The third-order valence-electron chi connectivity index (χ3n) is 5.80. The first-order chi connectivity index (χ1) is 13.3. The molecule has 3 aromatic heterocycles. The number of allylic oxidation sites excluding steroid dienone is 2. The second-order valence-electron chi connectivity index (χ2n) is 8.37. The Hall–Kier alpha value is -3.13. The van der Waals surface area contributed by atoms with E-state index < -0.39 is 0 Å². The van der Waals surface area contributed by atoms with Gasteiger partial charge in [0.2, 0.25) is 0 Å². The van der Waals surface area contributed by atoms with E-state index in [-0.39, 0.29) is 0 Å². The van der Waals surface area contributed by atoms with Crippen molar-refractivity contribution in [2.45, 2.75) is 40.0 Å². The Morgan fingerprint density at radius 1 is 1.25 bits per heavy atom. The highest BCUT2D eigenvalue weighted by molar-refractivity contribution is 6.04. The molecule has 142 valence electrons. The lowest BCUT2D eigenvalue weighted by Gasteiger charge is -2.29. The summed E-state index contributed by atoms with van der Waals surface area (Å²) in [6.45, 7) is 6.69. The number of nitrogens with two attached hydrogens (primary N) is 1. The fourth-order valence-electron chi connectivity index (χ4n) is 4.09. The van der Waals surface area contributed by atoms with Gasteiger partial charge in [-0.05, 0) is 48.8 Å². The summed E-state index contributed by atoms with van der Waals surface area (Å²) in [6.07, 6.45) is 14.4. The summed E-state index contributed by atoms with van der Waals surface area (Å²) >= 11 is 0. The van der Waals surface area contributed by atoms with Gasteiger partial charge in [0.15, 0.2) is 0 Å². The van der Waals surface area contributed by atoms with Crippen molar-refractivity contribution < 1.29 is 0 Å². The predicted molar refractivity (Wildman–Crippen MR) is 114 cm³/mol. The van der Waals surface area contributed by atoms with Crippen molar-refractivity contribution in [1.29, 1.82) is 0 Å². The number of hydrogen-bond donors (Lipinski definition) is 1. The van der Waals surface area contributed by atoms with E-state index in [0.717, 1.165) is 52.7 Å². The number of nitrogens with zero attached hydrogens (tertiary/aromatic N) is 4. The lowest BCUT2D eigenvalue weighted by atomic mass is 9.76. The lowest BCUT2D eigenvalue weighted by molar-refractivity contribution is 0.335. The maximum atomic E-state index is 6.33. The van der Waals surface area contributed by atoms with E-state index in [9.17, 15) is 0 Å². The molecule has 0 aromatic carbocycles. The van der Waals surface area contributed by atoms with Crippen molar-refractivity contribution >= 4 is 22.4 Å². The third-order valence-corrected chi connectivity index (χ3v) is 5.80. The largest absolute Gasteiger partial charge is 0.383 e. The van der Waals surface area contributed by atoms with E-state index in [4.69, 9.17) is 12.2 Å². The third kappa shape index (κ3) is 2.86. The summed E-state index contributed by atoms with van der Waals surface area (Å²) in [6, 6.07) is 1.95. The van der Waals surface area contributed by atoms with Crippen LogP contribution in [0.3, 0.4) is 0 Å². The van der Waals surface area contributed by atoms with Gasteiger partial charge in [0.25, 0.3) is 0 Å². The number of fused-ring (bicyclic) bond motifs is 1. The predicted octanol–water partition coefficient (Wildman–Crippen LogP) is 4.50. The molecular weight excluding hydrogens is 346 g/mol. The standard InChI is InChI=1S/C23H25N5/c1-6-16-11-14(2)17(12-25-16)20-18(15-7-9-23(3,4)10-8-15)19-21(24)26-13-27-22(19)28(20)5/h1,7,11-13H,8-10H2,2-5H3,(H2,24,26,27).